The van der Waals surface area contributed by atoms with Gasteiger partial charge in [-0.2, -0.15) is 0 Å². The minimum atomic E-state index is -0.378. The summed E-state index contributed by atoms with van der Waals surface area (Å²) in [5.41, 5.74) is 3.39. The van der Waals surface area contributed by atoms with E-state index in [9.17, 15) is 14.4 Å². The van der Waals surface area contributed by atoms with Crippen LogP contribution in [0.4, 0.5) is 10.8 Å². The largest absolute Gasteiger partial charge is 0.368 e. The summed E-state index contributed by atoms with van der Waals surface area (Å²) < 4.78 is 0. The fourth-order valence-corrected chi connectivity index (χ4v) is 5.45. The van der Waals surface area contributed by atoms with Crippen molar-refractivity contribution in [1.29, 1.82) is 0 Å². The summed E-state index contributed by atoms with van der Waals surface area (Å²) in [6.45, 7) is 8.46. The Hall–Kier alpha value is -3.14. The molecule has 0 spiro atoms. The van der Waals surface area contributed by atoms with Crippen LogP contribution in [-0.4, -0.2) is 71.3 Å². The number of nitrogens with zero attached hydrogens (tertiary/aromatic N) is 4. The highest BCUT2D eigenvalue weighted by molar-refractivity contribution is 7.13. The average Bonchev–Trinajstić information content (AvgIpc) is 3.35. The maximum absolute atomic E-state index is 13.0. The highest BCUT2D eigenvalue weighted by atomic mass is 35.5. The average molecular weight is 589 g/mol. The van der Waals surface area contributed by atoms with Crippen LogP contribution in [0.2, 0.25) is 10.0 Å². The van der Waals surface area contributed by atoms with E-state index in [1.165, 1.54) is 33.6 Å². The Labute approximate surface area is 242 Å². The SMILES string of the molecule is Cc1ccccc1N1CCN(C(=O)Cc2csc(NC(=O)CN(C(=O)c3ccc(Cl)c(Cl)c3)C(C)C)n2)CC1. The minimum absolute atomic E-state index is 0.0146. The summed E-state index contributed by atoms with van der Waals surface area (Å²) in [4.78, 5) is 48.7. The number of carbonyl (C=O) groups excluding carboxylic acids is 3. The molecule has 39 heavy (non-hydrogen) atoms. The van der Waals surface area contributed by atoms with Crippen molar-refractivity contribution in [2.75, 3.05) is 42.9 Å². The summed E-state index contributed by atoms with van der Waals surface area (Å²) in [6, 6.07) is 12.7. The number of para-hydroxylation sites is 1. The number of hydrogen-bond donors (Lipinski definition) is 1. The number of piperazine rings is 1. The van der Waals surface area contributed by atoms with Gasteiger partial charge in [-0.25, -0.2) is 4.98 Å². The number of anilines is 2. The second-order valence-electron chi connectivity index (χ2n) is 9.68. The van der Waals surface area contributed by atoms with Crippen LogP contribution in [-0.2, 0) is 16.0 Å². The molecular weight excluding hydrogens is 557 g/mol. The van der Waals surface area contributed by atoms with E-state index in [1.54, 1.807) is 17.5 Å². The molecule has 0 radical (unpaired) electrons. The molecule has 0 aliphatic carbocycles. The predicted octanol–water partition coefficient (Wildman–Crippen LogP) is 5.14. The zero-order valence-corrected chi connectivity index (χ0v) is 24.4. The molecule has 11 heteroatoms. The first-order chi connectivity index (χ1) is 18.6. The summed E-state index contributed by atoms with van der Waals surface area (Å²) in [6.07, 6.45) is 0.171. The molecule has 1 aliphatic rings. The van der Waals surface area contributed by atoms with Gasteiger partial charge in [0.05, 0.1) is 22.2 Å². The lowest BCUT2D eigenvalue weighted by Crippen LogP contribution is -2.49. The van der Waals surface area contributed by atoms with Gasteiger partial charge in [-0.05, 0) is 50.6 Å². The molecular formula is C28H31Cl2N5O3S. The summed E-state index contributed by atoms with van der Waals surface area (Å²) in [7, 11) is 0. The maximum Gasteiger partial charge on any atom is 0.254 e. The van der Waals surface area contributed by atoms with Crippen LogP contribution in [0.25, 0.3) is 0 Å². The Kier molecular flexibility index (Phi) is 9.48. The van der Waals surface area contributed by atoms with E-state index in [4.69, 9.17) is 23.2 Å². The van der Waals surface area contributed by atoms with Crippen LogP contribution in [0.5, 0.6) is 0 Å². The summed E-state index contributed by atoms with van der Waals surface area (Å²) in [5.74, 6) is -0.691. The number of rotatable bonds is 8. The van der Waals surface area contributed by atoms with E-state index in [0.717, 1.165) is 13.1 Å². The predicted molar refractivity (Wildman–Crippen MR) is 157 cm³/mol. The van der Waals surface area contributed by atoms with Crippen molar-refractivity contribution >= 4 is 63.1 Å². The molecule has 0 saturated carbocycles. The van der Waals surface area contributed by atoms with Gasteiger partial charge >= 0.3 is 0 Å². The molecule has 1 saturated heterocycles. The third kappa shape index (κ3) is 7.29. The topological polar surface area (TPSA) is 85.9 Å². The highest BCUT2D eigenvalue weighted by Crippen LogP contribution is 2.24. The Balaban J connectivity index is 1.29. The molecule has 1 aromatic heterocycles. The number of halogens is 2. The smallest absolute Gasteiger partial charge is 0.254 e. The lowest BCUT2D eigenvalue weighted by molar-refractivity contribution is -0.130. The van der Waals surface area contributed by atoms with Gasteiger partial charge in [0.25, 0.3) is 5.91 Å². The van der Waals surface area contributed by atoms with Crippen molar-refractivity contribution in [3.05, 3.63) is 74.7 Å². The van der Waals surface area contributed by atoms with Crippen molar-refractivity contribution in [3.8, 4) is 0 Å². The molecule has 1 fully saturated rings. The molecule has 0 bridgehead atoms. The lowest BCUT2D eigenvalue weighted by atomic mass is 10.1. The Morgan fingerprint density at radius 1 is 1.05 bits per heavy atom. The molecule has 2 heterocycles. The number of aryl methyl sites for hydroxylation is 1. The van der Waals surface area contributed by atoms with Crippen molar-refractivity contribution in [3.63, 3.8) is 0 Å². The van der Waals surface area contributed by atoms with E-state index in [0.29, 0.717) is 34.5 Å². The zero-order chi connectivity index (χ0) is 28.1. The van der Waals surface area contributed by atoms with Gasteiger partial charge in [-0.3, -0.25) is 14.4 Å². The lowest BCUT2D eigenvalue weighted by Gasteiger charge is -2.36. The molecule has 3 aromatic rings. The van der Waals surface area contributed by atoms with Crippen LogP contribution in [0.1, 0.15) is 35.5 Å². The first-order valence-electron chi connectivity index (χ1n) is 12.7. The number of aromatic nitrogens is 1. The number of hydrogen-bond acceptors (Lipinski definition) is 6. The third-order valence-corrected chi connectivity index (χ3v) is 8.13. The standard InChI is InChI=1S/C28H31Cl2N5O3S/c1-18(2)35(27(38)20-8-9-22(29)23(30)14-20)16-25(36)32-28-31-21(17-39-28)15-26(37)34-12-10-33(11-13-34)24-7-5-4-6-19(24)3/h4-9,14,17-18H,10-13,15-16H2,1-3H3,(H,31,32,36). The van der Waals surface area contributed by atoms with Gasteiger partial charge in [-0.15, -0.1) is 11.3 Å². The molecule has 2 aromatic carbocycles. The maximum atomic E-state index is 13.0. The van der Waals surface area contributed by atoms with Crippen molar-refractivity contribution in [2.45, 2.75) is 33.2 Å². The third-order valence-electron chi connectivity index (χ3n) is 6.58. The Bertz CT molecular complexity index is 1350. The molecule has 0 unspecified atom stereocenters. The van der Waals surface area contributed by atoms with Gasteiger partial charge in [0.2, 0.25) is 11.8 Å². The van der Waals surface area contributed by atoms with E-state index in [2.05, 4.69) is 34.3 Å². The van der Waals surface area contributed by atoms with Crippen LogP contribution in [0.3, 0.4) is 0 Å². The minimum Gasteiger partial charge on any atom is -0.368 e. The van der Waals surface area contributed by atoms with Gasteiger partial charge in [0.1, 0.15) is 6.54 Å². The fourth-order valence-electron chi connectivity index (χ4n) is 4.42. The molecule has 1 N–H and O–H groups in total. The second-order valence-corrected chi connectivity index (χ2v) is 11.4. The van der Waals surface area contributed by atoms with E-state index in [1.807, 2.05) is 30.9 Å². The fraction of sp³-hybridized carbons (Fsp3) is 0.357. The van der Waals surface area contributed by atoms with Crippen LogP contribution in [0.15, 0.2) is 47.8 Å². The van der Waals surface area contributed by atoms with Crippen LogP contribution in [0, 0.1) is 6.92 Å². The number of thiazole rings is 1. The number of carbonyl (C=O) groups is 3. The Morgan fingerprint density at radius 3 is 2.44 bits per heavy atom. The van der Waals surface area contributed by atoms with E-state index < -0.39 is 0 Å². The molecule has 4 rings (SSSR count). The summed E-state index contributed by atoms with van der Waals surface area (Å²) >= 11 is 13.3. The Morgan fingerprint density at radius 2 is 1.77 bits per heavy atom. The van der Waals surface area contributed by atoms with Crippen LogP contribution < -0.4 is 10.2 Å². The molecule has 206 valence electrons. The van der Waals surface area contributed by atoms with Gasteiger partial charge in [0.15, 0.2) is 5.13 Å². The van der Waals surface area contributed by atoms with Crippen molar-refractivity contribution in [1.82, 2.24) is 14.8 Å². The molecule has 1 aliphatic heterocycles. The number of benzene rings is 2. The molecule has 3 amide bonds. The first-order valence-corrected chi connectivity index (χ1v) is 14.3. The highest BCUT2D eigenvalue weighted by Gasteiger charge is 2.24. The van der Waals surface area contributed by atoms with E-state index in [-0.39, 0.29) is 41.8 Å². The second kappa shape index (κ2) is 12.8. The number of nitrogens with one attached hydrogen (secondary N) is 1. The summed E-state index contributed by atoms with van der Waals surface area (Å²) in [5, 5.41) is 5.54. The van der Waals surface area contributed by atoms with E-state index >= 15 is 0 Å². The van der Waals surface area contributed by atoms with Crippen LogP contribution >= 0.6 is 34.5 Å². The zero-order valence-electron chi connectivity index (χ0n) is 22.1. The molecule has 8 nitrogen and oxygen atoms in total. The quantitative estimate of drug-likeness (QED) is 0.394. The molecule has 0 atom stereocenters. The van der Waals surface area contributed by atoms with Crippen molar-refractivity contribution < 1.29 is 14.4 Å². The normalized spacial score (nSPS) is 13.5. The first kappa shape index (κ1) is 28.9. The van der Waals surface area contributed by atoms with Crippen molar-refractivity contribution in [2.24, 2.45) is 0 Å². The van der Waals surface area contributed by atoms with Gasteiger partial charge < -0.3 is 20.0 Å². The van der Waals surface area contributed by atoms with Gasteiger partial charge in [-0.1, -0.05) is 41.4 Å². The number of amides is 3. The van der Waals surface area contributed by atoms with Gasteiger partial charge in [0, 0.05) is 48.9 Å². The monoisotopic (exact) mass is 587 g/mol.